The molecule has 0 bridgehead atoms. The predicted octanol–water partition coefficient (Wildman–Crippen LogP) is 3.47. The van der Waals surface area contributed by atoms with E-state index in [1.54, 1.807) is 31.2 Å². The van der Waals surface area contributed by atoms with Crippen LogP contribution in [0, 0.1) is 0 Å². The van der Waals surface area contributed by atoms with E-state index < -0.39 is 11.7 Å². The minimum Gasteiger partial charge on any atom is -0.460 e. The number of halogens is 2. The Bertz CT molecular complexity index is 670. The number of hydrogen-bond donors (Lipinski definition) is 0. The van der Waals surface area contributed by atoms with Gasteiger partial charge in [-0.3, -0.25) is 4.79 Å². The van der Waals surface area contributed by atoms with Crippen molar-refractivity contribution in [3.63, 3.8) is 0 Å². The third-order valence-corrected chi connectivity index (χ3v) is 3.28. The summed E-state index contributed by atoms with van der Waals surface area (Å²) in [5.74, 6) is -3.12. The Hall–Kier alpha value is -1.89. The molecule has 0 aliphatic heterocycles. The van der Waals surface area contributed by atoms with Crippen LogP contribution in [0.4, 0.5) is 8.78 Å². The van der Waals surface area contributed by atoms with Crippen molar-refractivity contribution >= 4 is 28.8 Å². The SMILES string of the molecule is C=C(C)COC(=O)Cn1c(SC(F)F)nc2ccccc21. The molecule has 1 heterocycles. The Labute approximate surface area is 124 Å². The number of fused-ring (bicyclic) bond motifs is 1. The molecule has 0 amide bonds. The molecule has 0 saturated heterocycles. The smallest absolute Gasteiger partial charge is 0.326 e. The van der Waals surface area contributed by atoms with Gasteiger partial charge in [0, 0.05) is 0 Å². The van der Waals surface area contributed by atoms with E-state index in [0.717, 1.165) is 0 Å². The van der Waals surface area contributed by atoms with Gasteiger partial charge in [-0.25, -0.2) is 4.98 Å². The van der Waals surface area contributed by atoms with Crippen LogP contribution < -0.4 is 0 Å². The van der Waals surface area contributed by atoms with Crippen molar-refractivity contribution in [2.75, 3.05) is 6.61 Å². The second kappa shape index (κ2) is 6.71. The maximum Gasteiger partial charge on any atom is 0.326 e. The van der Waals surface area contributed by atoms with E-state index in [9.17, 15) is 13.6 Å². The normalized spacial score (nSPS) is 11.0. The quantitative estimate of drug-likeness (QED) is 0.465. The second-order valence-electron chi connectivity index (χ2n) is 4.47. The van der Waals surface area contributed by atoms with Gasteiger partial charge in [0.2, 0.25) is 0 Å². The fourth-order valence-corrected chi connectivity index (χ4v) is 2.35. The molecule has 0 unspecified atom stereocenters. The highest BCUT2D eigenvalue weighted by Crippen LogP contribution is 2.28. The summed E-state index contributed by atoms with van der Waals surface area (Å²) in [6, 6.07) is 6.96. The molecule has 2 rings (SSSR count). The first kappa shape index (κ1) is 15.5. The van der Waals surface area contributed by atoms with Gasteiger partial charge in [-0.2, -0.15) is 8.78 Å². The molecular formula is C14H14F2N2O2S. The first-order chi connectivity index (χ1) is 9.97. The summed E-state index contributed by atoms with van der Waals surface area (Å²) in [6.45, 7) is 5.32. The summed E-state index contributed by atoms with van der Waals surface area (Å²) in [5.41, 5.74) is 1.89. The van der Waals surface area contributed by atoms with E-state index in [4.69, 9.17) is 4.74 Å². The minimum atomic E-state index is -2.60. The molecule has 0 radical (unpaired) electrons. The van der Waals surface area contributed by atoms with E-state index in [2.05, 4.69) is 11.6 Å². The molecule has 0 fully saturated rings. The van der Waals surface area contributed by atoms with Crippen LogP contribution in [0.5, 0.6) is 0 Å². The number of imidazole rings is 1. The predicted molar refractivity (Wildman–Crippen MR) is 77.4 cm³/mol. The van der Waals surface area contributed by atoms with Crippen molar-refractivity contribution in [1.29, 1.82) is 0 Å². The number of carbonyl (C=O) groups excluding carboxylic acids is 1. The molecule has 7 heteroatoms. The standard InChI is InChI=1S/C14H14F2N2O2S/c1-9(2)8-20-12(19)7-18-11-6-4-3-5-10(11)17-14(18)21-13(15)16/h3-6,13H,1,7-8H2,2H3. The molecule has 0 N–H and O–H groups in total. The van der Waals surface area contributed by atoms with Crippen molar-refractivity contribution in [2.45, 2.75) is 24.4 Å². The first-order valence-electron chi connectivity index (χ1n) is 6.17. The molecule has 0 aliphatic rings. The van der Waals surface area contributed by atoms with Gasteiger partial charge in [0.15, 0.2) is 5.16 Å². The lowest BCUT2D eigenvalue weighted by molar-refractivity contribution is -0.143. The highest BCUT2D eigenvalue weighted by atomic mass is 32.2. The molecule has 1 aromatic heterocycles. The van der Waals surface area contributed by atoms with E-state index in [-0.39, 0.29) is 18.3 Å². The van der Waals surface area contributed by atoms with Crippen molar-refractivity contribution in [3.8, 4) is 0 Å². The van der Waals surface area contributed by atoms with Crippen molar-refractivity contribution < 1.29 is 18.3 Å². The lowest BCUT2D eigenvalue weighted by atomic mass is 10.3. The zero-order valence-electron chi connectivity index (χ0n) is 11.4. The Balaban J connectivity index is 2.27. The monoisotopic (exact) mass is 312 g/mol. The van der Waals surface area contributed by atoms with Crippen LogP contribution in [-0.4, -0.2) is 27.9 Å². The zero-order valence-corrected chi connectivity index (χ0v) is 12.2. The third kappa shape index (κ3) is 4.04. The number of esters is 1. The highest BCUT2D eigenvalue weighted by molar-refractivity contribution is 7.99. The first-order valence-corrected chi connectivity index (χ1v) is 7.05. The van der Waals surface area contributed by atoms with Crippen LogP contribution in [0.1, 0.15) is 6.92 Å². The van der Waals surface area contributed by atoms with Gasteiger partial charge in [0.05, 0.1) is 11.0 Å². The molecule has 0 spiro atoms. The number of rotatable bonds is 6. The van der Waals surface area contributed by atoms with Gasteiger partial charge in [0.1, 0.15) is 13.2 Å². The van der Waals surface area contributed by atoms with Crippen molar-refractivity contribution in [3.05, 3.63) is 36.4 Å². The van der Waals surface area contributed by atoms with Gasteiger partial charge in [-0.05, 0) is 36.4 Å². The Kier molecular flexibility index (Phi) is 4.95. The Morgan fingerprint density at radius 2 is 2.19 bits per heavy atom. The summed E-state index contributed by atoms with van der Waals surface area (Å²) in [7, 11) is 0. The number of ether oxygens (including phenoxy) is 1. The fraction of sp³-hybridized carbons (Fsp3) is 0.286. The Morgan fingerprint density at radius 3 is 2.86 bits per heavy atom. The van der Waals surface area contributed by atoms with E-state index in [0.29, 0.717) is 28.4 Å². The highest BCUT2D eigenvalue weighted by Gasteiger charge is 2.18. The molecule has 1 aromatic carbocycles. The van der Waals surface area contributed by atoms with Gasteiger partial charge in [-0.1, -0.05) is 18.7 Å². The number of benzene rings is 1. The van der Waals surface area contributed by atoms with Gasteiger partial charge in [-0.15, -0.1) is 0 Å². The summed E-state index contributed by atoms with van der Waals surface area (Å²) >= 11 is 0.310. The minimum absolute atomic E-state index is 0.0958. The number of para-hydroxylation sites is 2. The van der Waals surface area contributed by atoms with Gasteiger partial charge in [0.25, 0.3) is 5.76 Å². The molecule has 0 saturated carbocycles. The molecule has 0 atom stereocenters. The molecule has 0 aliphatic carbocycles. The summed E-state index contributed by atoms with van der Waals surface area (Å²) in [6.07, 6.45) is 0. The number of aromatic nitrogens is 2. The topological polar surface area (TPSA) is 44.1 Å². The lowest BCUT2D eigenvalue weighted by Crippen LogP contribution is -2.15. The number of nitrogens with zero attached hydrogens (tertiary/aromatic N) is 2. The van der Waals surface area contributed by atoms with Crippen molar-refractivity contribution in [1.82, 2.24) is 9.55 Å². The number of alkyl halides is 2. The van der Waals surface area contributed by atoms with Gasteiger partial charge < -0.3 is 9.30 Å². The molecule has 21 heavy (non-hydrogen) atoms. The van der Waals surface area contributed by atoms with Crippen LogP contribution in [0.25, 0.3) is 11.0 Å². The van der Waals surface area contributed by atoms with Crippen LogP contribution in [0.2, 0.25) is 0 Å². The average molecular weight is 312 g/mol. The van der Waals surface area contributed by atoms with E-state index >= 15 is 0 Å². The number of thioether (sulfide) groups is 1. The van der Waals surface area contributed by atoms with Crippen molar-refractivity contribution in [2.24, 2.45) is 0 Å². The summed E-state index contributed by atoms with van der Waals surface area (Å²) in [5, 5.41) is 0.0958. The largest absolute Gasteiger partial charge is 0.460 e. The molecule has 4 nitrogen and oxygen atoms in total. The summed E-state index contributed by atoms with van der Waals surface area (Å²) < 4.78 is 31.6. The zero-order chi connectivity index (χ0) is 15.4. The van der Waals surface area contributed by atoms with Gasteiger partial charge >= 0.3 is 5.97 Å². The maximum absolute atomic E-state index is 12.6. The fourth-order valence-electron chi connectivity index (χ4n) is 1.75. The average Bonchev–Trinajstić information content (AvgIpc) is 2.74. The number of carbonyl (C=O) groups is 1. The van der Waals surface area contributed by atoms with E-state index in [1.807, 2.05) is 0 Å². The third-order valence-electron chi connectivity index (χ3n) is 2.58. The van der Waals surface area contributed by atoms with Crippen LogP contribution in [0.3, 0.4) is 0 Å². The van der Waals surface area contributed by atoms with Crippen LogP contribution >= 0.6 is 11.8 Å². The molecule has 2 aromatic rings. The molecule has 112 valence electrons. The van der Waals surface area contributed by atoms with E-state index in [1.165, 1.54) is 4.57 Å². The Morgan fingerprint density at radius 1 is 1.48 bits per heavy atom. The second-order valence-corrected chi connectivity index (χ2v) is 5.42. The van der Waals surface area contributed by atoms with Crippen LogP contribution in [-0.2, 0) is 16.1 Å². The molecular weight excluding hydrogens is 298 g/mol. The summed E-state index contributed by atoms with van der Waals surface area (Å²) in [4.78, 5) is 15.9. The number of hydrogen-bond acceptors (Lipinski definition) is 4. The maximum atomic E-state index is 12.6. The lowest BCUT2D eigenvalue weighted by Gasteiger charge is -2.08. The van der Waals surface area contributed by atoms with Crippen LogP contribution in [0.15, 0.2) is 41.6 Å².